The monoisotopic (exact) mass is 281 g/mol. The Morgan fingerprint density at radius 2 is 1.80 bits per heavy atom. The van der Waals surface area contributed by atoms with Crippen LogP contribution in [0, 0.1) is 6.92 Å². The zero-order valence-electron chi connectivity index (χ0n) is 17.7. The molecule has 0 aliphatic heterocycles. The predicted octanol–water partition coefficient (Wildman–Crippen LogP) is 6.03. The Morgan fingerprint density at radius 3 is 2.65 bits per heavy atom. The van der Waals surface area contributed by atoms with Crippen LogP contribution in [0.4, 0.5) is 0 Å². The molecule has 1 heterocycles. The number of thiophene rings is 1. The highest BCUT2D eigenvalue weighted by atomic mass is 32.1. The van der Waals surface area contributed by atoms with Crippen molar-refractivity contribution in [2.24, 2.45) is 0 Å². The second-order valence-corrected chi connectivity index (χ2v) is 5.55. The minimum Gasteiger partial charge on any atom is -0.135 e. The highest BCUT2D eigenvalue weighted by Crippen LogP contribution is 2.39. The van der Waals surface area contributed by atoms with E-state index in [1.807, 2.05) is 0 Å². The van der Waals surface area contributed by atoms with Crippen molar-refractivity contribution in [3.8, 4) is 11.1 Å². The van der Waals surface area contributed by atoms with Gasteiger partial charge in [-0.05, 0) is 30.1 Å². The third-order valence-corrected chi connectivity index (χ3v) is 4.30. The van der Waals surface area contributed by atoms with Gasteiger partial charge in [0, 0.05) is 20.2 Å². The summed E-state index contributed by atoms with van der Waals surface area (Å²) in [6, 6.07) is 6.28. The highest BCUT2D eigenvalue weighted by Gasteiger charge is 2.09. The number of rotatable bonds is 1. The van der Waals surface area contributed by atoms with Crippen molar-refractivity contribution in [1.82, 2.24) is 0 Å². The molecule has 3 aromatic carbocycles. The molecule has 4 rings (SSSR count). The molecule has 1 aromatic heterocycles. The molecule has 0 fully saturated rings. The van der Waals surface area contributed by atoms with E-state index in [1.54, 1.807) is 13.0 Å². The smallest absolute Gasteiger partial charge is 0.0638 e. The Bertz CT molecular complexity index is 1230. The normalized spacial score (nSPS) is 16.1. The molecule has 0 spiro atoms. The van der Waals surface area contributed by atoms with E-state index >= 15 is 0 Å². The van der Waals surface area contributed by atoms with Gasteiger partial charge < -0.3 is 0 Å². The van der Waals surface area contributed by atoms with E-state index in [1.165, 1.54) is 29.5 Å². The topological polar surface area (TPSA) is 0 Å². The van der Waals surface area contributed by atoms with Crippen LogP contribution in [0.3, 0.4) is 0 Å². The molecule has 0 saturated heterocycles. The van der Waals surface area contributed by atoms with Gasteiger partial charge in [-0.3, -0.25) is 0 Å². The van der Waals surface area contributed by atoms with E-state index in [9.17, 15) is 0 Å². The standard InChI is InChI=1S/C19H14S/c1-13-10-11-18-17(12-13)16-9-5-8-15(19(16)20-18)14-6-3-2-4-7-14/h2-12H,1H3/i2D,6D,7D,8D,9D,11D,12D. The van der Waals surface area contributed by atoms with Gasteiger partial charge in [-0.2, -0.15) is 0 Å². The zero-order valence-corrected chi connectivity index (χ0v) is 11.5. The first-order valence-electron chi connectivity index (χ1n) is 9.72. The van der Waals surface area contributed by atoms with E-state index in [4.69, 9.17) is 9.60 Å². The van der Waals surface area contributed by atoms with E-state index in [2.05, 4.69) is 0 Å². The molecule has 20 heavy (non-hydrogen) atoms. The Labute approximate surface area is 132 Å². The lowest BCUT2D eigenvalue weighted by Gasteiger charge is -2.02. The lowest BCUT2D eigenvalue weighted by Crippen LogP contribution is -1.77. The van der Waals surface area contributed by atoms with Gasteiger partial charge in [-0.15, -0.1) is 11.3 Å². The summed E-state index contributed by atoms with van der Waals surface area (Å²) in [5, 5.41) is 0.998. The van der Waals surface area contributed by atoms with Gasteiger partial charge in [0.1, 0.15) is 0 Å². The summed E-state index contributed by atoms with van der Waals surface area (Å²) in [5.74, 6) is 0. The molecule has 0 aliphatic carbocycles. The molecule has 0 N–H and O–H groups in total. The van der Waals surface area contributed by atoms with Crippen molar-refractivity contribution in [2.45, 2.75) is 6.92 Å². The summed E-state index contributed by atoms with van der Waals surface area (Å²) in [4.78, 5) is 0. The van der Waals surface area contributed by atoms with Crippen molar-refractivity contribution in [2.75, 3.05) is 0 Å². The number of aryl methyl sites for hydroxylation is 1. The van der Waals surface area contributed by atoms with E-state index in [0.717, 1.165) is 0 Å². The number of hydrogen-bond acceptors (Lipinski definition) is 1. The van der Waals surface area contributed by atoms with Gasteiger partial charge in [0.05, 0.1) is 9.60 Å². The SMILES string of the molecule is [2H]c1cc([2H])c(-c2c([2H])cc([2H])c3c2sc2c([2H])cc(C)c([2H])c23)c([2H])c1. The molecule has 4 aromatic rings. The van der Waals surface area contributed by atoms with Crippen LogP contribution in [0.25, 0.3) is 31.3 Å². The van der Waals surface area contributed by atoms with Crippen LogP contribution < -0.4 is 0 Å². The van der Waals surface area contributed by atoms with Crippen LogP contribution in [-0.4, -0.2) is 0 Å². The lowest BCUT2D eigenvalue weighted by atomic mass is 10.0. The average molecular weight is 281 g/mol. The lowest BCUT2D eigenvalue weighted by molar-refractivity contribution is 1.52. The Morgan fingerprint density at radius 1 is 0.950 bits per heavy atom. The maximum atomic E-state index is 8.42. The summed E-state index contributed by atoms with van der Waals surface area (Å²) >= 11 is 1.22. The molecule has 96 valence electrons. The summed E-state index contributed by atoms with van der Waals surface area (Å²) in [6.45, 7) is 1.75. The molecular weight excluding hydrogens is 260 g/mol. The molecule has 0 bridgehead atoms. The summed E-state index contributed by atoms with van der Waals surface area (Å²) in [7, 11) is 0. The fourth-order valence-corrected chi connectivity index (χ4v) is 3.36. The fourth-order valence-electron chi connectivity index (χ4n) is 2.26. The van der Waals surface area contributed by atoms with Gasteiger partial charge >= 0.3 is 0 Å². The molecule has 0 amide bonds. The number of fused-ring (bicyclic) bond motifs is 3. The second kappa shape index (κ2) is 4.46. The van der Waals surface area contributed by atoms with E-state index in [0.29, 0.717) is 31.3 Å². The van der Waals surface area contributed by atoms with Crippen molar-refractivity contribution >= 4 is 31.5 Å². The second-order valence-electron chi connectivity index (χ2n) is 4.53. The third-order valence-electron chi connectivity index (χ3n) is 3.16. The van der Waals surface area contributed by atoms with Crippen molar-refractivity contribution in [1.29, 1.82) is 0 Å². The summed E-state index contributed by atoms with van der Waals surface area (Å²) in [5.41, 5.74) is 1.24. The molecule has 0 nitrogen and oxygen atoms in total. The molecular formula is C19H14S. The molecule has 0 aliphatic rings. The first kappa shape index (κ1) is 6.55. The average Bonchev–Trinajstić information content (AvgIpc) is 2.96. The predicted molar refractivity (Wildman–Crippen MR) is 89.5 cm³/mol. The van der Waals surface area contributed by atoms with Crippen LogP contribution in [-0.2, 0) is 0 Å². The molecule has 0 saturated carbocycles. The maximum absolute atomic E-state index is 8.42. The largest absolute Gasteiger partial charge is 0.135 e. The number of benzene rings is 3. The number of hydrogen-bond donors (Lipinski definition) is 0. The summed E-state index contributed by atoms with van der Waals surface area (Å²) in [6.07, 6.45) is 0. The van der Waals surface area contributed by atoms with Gasteiger partial charge in [0.15, 0.2) is 0 Å². The van der Waals surface area contributed by atoms with Gasteiger partial charge in [-0.1, -0.05) is 60.0 Å². The van der Waals surface area contributed by atoms with Crippen LogP contribution >= 0.6 is 11.3 Å². The molecule has 0 radical (unpaired) electrons. The van der Waals surface area contributed by atoms with Crippen molar-refractivity contribution < 1.29 is 9.60 Å². The van der Waals surface area contributed by atoms with Crippen LogP contribution in [0.2, 0.25) is 0 Å². The van der Waals surface area contributed by atoms with Gasteiger partial charge in [0.25, 0.3) is 0 Å². The first-order chi connectivity index (χ1) is 12.7. The van der Waals surface area contributed by atoms with Crippen LogP contribution in [0.15, 0.2) is 66.6 Å². The van der Waals surface area contributed by atoms with Crippen LogP contribution in [0.1, 0.15) is 15.2 Å². The molecule has 0 atom stereocenters. The van der Waals surface area contributed by atoms with E-state index in [-0.39, 0.29) is 47.9 Å². The molecule has 0 unspecified atom stereocenters. The van der Waals surface area contributed by atoms with Gasteiger partial charge in [0.2, 0.25) is 0 Å². The minimum absolute atomic E-state index is 0.0218. The van der Waals surface area contributed by atoms with Crippen molar-refractivity contribution in [3.05, 3.63) is 72.1 Å². The maximum Gasteiger partial charge on any atom is 0.0638 e. The third kappa shape index (κ3) is 1.75. The fraction of sp³-hybridized carbons (Fsp3) is 0.0526. The summed E-state index contributed by atoms with van der Waals surface area (Å²) < 4.78 is 58.7. The highest BCUT2D eigenvalue weighted by molar-refractivity contribution is 7.26. The molecule has 1 heteroatoms. The zero-order chi connectivity index (χ0) is 19.6. The van der Waals surface area contributed by atoms with Crippen molar-refractivity contribution in [3.63, 3.8) is 0 Å². The van der Waals surface area contributed by atoms with Gasteiger partial charge in [-0.25, -0.2) is 0 Å². The Balaban J connectivity index is 2.27. The minimum atomic E-state index is -0.0224. The quantitative estimate of drug-likeness (QED) is 0.399. The Kier molecular flexibility index (Phi) is 1.46. The first-order valence-corrected chi connectivity index (χ1v) is 7.03. The Hall–Kier alpha value is -2.12. The van der Waals surface area contributed by atoms with E-state index < -0.39 is 0 Å². The van der Waals surface area contributed by atoms with Crippen LogP contribution in [0.5, 0.6) is 0 Å².